The third kappa shape index (κ3) is 3.70. The lowest BCUT2D eigenvalue weighted by atomic mass is 10.1. The first kappa shape index (κ1) is 16.5. The molecule has 6 nitrogen and oxygen atoms in total. The van der Waals surface area contributed by atoms with Crippen molar-refractivity contribution in [3.8, 4) is 0 Å². The van der Waals surface area contributed by atoms with Crippen LogP contribution < -0.4 is 10.2 Å². The van der Waals surface area contributed by atoms with E-state index in [9.17, 15) is 0 Å². The van der Waals surface area contributed by atoms with Crippen molar-refractivity contribution in [2.45, 2.75) is 45.3 Å². The molecular weight excluding hydrogens is 314 g/mol. The minimum Gasteiger partial charge on any atom is -0.378 e. The first-order valence-electron chi connectivity index (χ1n) is 9.40. The first-order valence-corrected chi connectivity index (χ1v) is 9.40. The highest BCUT2D eigenvalue weighted by atomic mass is 16.5. The Labute approximate surface area is 149 Å². The van der Waals surface area contributed by atoms with Crippen LogP contribution in [0.25, 0.3) is 0 Å². The lowest BCUT2D eigenvalue weighted by Gasteiger charge is -2.31. The molecule has 0 unspecified atom stereocenters. The molecule has 4 rings (SSSR count). The zero-order valence-electron chi connectivity index (χ0n) is 14.9. The topological polar surface area (TPSA) is 55.2 Å². The number of rotatable bonds is 5. The van der Waals surface area contributed by atoms with Gasteiger partial charge in [-0.1, -0.05) is 25.1 Å². The number of nitrogens with one attached hydrogen (secondary N) is 1. The summed E-state index contributed by atoms with van der Waals surface area (Å²) in [5.41, 5.74) is 2.70. The maximum absolute atomic E-state index is 5.49. The summed E-state index contributed by atoms with van der Waals surface area (Å²) < 4.78 is 7.58. The maximum Gasteiger partial charge on any atom is 0.150 e. The Hall–Kier alpha value is -1.92. The normalized spacial score (nSPS) is 20.5. The van der Waals surface area contributed by atoms with E-state index < -0.39 is 0 Å². The van der Waals surface area contributed by atoms with Gasteiger partial charge in [-0.25, -0.2) is 9.67 Å². The van der Waals surface area contributed by atoms with Gasteiger partial charge in [-0.3, -0.25) is 0 Å². The van der Waals surface area contributed by atoms with Crippen LogP contribution in [0.5, 0.6) is 0 Å². The van der Waals surface area contributed by atoms with E-state index in [1.807, 2.05) is 0 Å². The number of ether oxygens (including phenoxy) is 1. The smallest absolute Gasteiger partial charge is 0.150 e. The van der Waals surface area contributed by atoms with Gasteiger partial charge in [0, 0.05) is 44.2 Å². The van der Waals surface area contributed by atoms with Crippen molar-refractivity contribution in [2.24, 2.45) is 0 Å². The van der Waals surface area contributed by atoms with Gasteiger partial charge >= 0.3 is 0 Å². The van der Waals surface area contributed by atoms with Crippen molar-refractivity contribution in [3.63, 3.8) is 0 Å². The van der Waals surface area contributed by atoms with Gasteiger partial charge < -0.3 is 15.0 Å². The predicted molar refractivity (Wildman–Crippen MR) is 97.8 cm³/mol. The van der Waals surface area contributed by atoms with E-state index in [1.165, 1.54) is 11.3 Å². The van der Waals surface area contributed by atoms with E-state index in [2.05, 4.69) is 56.2 Å². The quantitative estimate of drug-likeness (QED) is 0.898. The average Bonchev–Trinajstić information content (AvgIpc) is 3.10. The van der Waals surface area contributed by atoms with Crippen LogP contribution in [0.1, 0.15) is 30.6 Å². The summed E-state index contributed by atoms with van der Waals surface area (Å²) >= 11 is 0. The fraction of sp³-hybridized carbons (Fsp3) is 0.579. The van der Waals surface area contributed by atoms with Gasteiger partial charge in [0.2, 0.25) is 0 Å². The average molecular weight is 341 g/mol. The highest BCUT2D eigenvalue weighted by molar-refractivity contribution is 5.53. The summed E-state index contributed by atoms with van der Waals surface area (Å²) in [6, 6.07) is 9.17. The molecule has 0 bridgehead atoms. The molecule has 1 fully saturated rings. The molecule has 2 aliphatic heterocycles. The second-order valence-corrected chi connectivity index (χ2v) is 6.82. The molecule has 1 aromatic carbocycles. The summed E-state index contributed by atoms with van der Waals surface area (Å²) in [6.45, 7) is 7.51. The predicted octanol–water partition coefficient (Wildman–Crippen LogP) is 1.78. The van der Waals surface area contributed by atoms with E-state index in [0.29, 0.717) is 6.04 Å². The summed E-state index contributed by atoms with van der Waals surface area (Å²) in [7, 11) is 0. The zero-order chi connectivity index (χ0) is 17.1. The van der Waals surface area contributed by atoms with Crippen molar-refractivity contribution in [1.82, 2.24) is 20.1 Å². The number of aromatic nitrogens is 3. The van der Waals surface area contributed by atoms with E-state index in [0.717, 1.165) is 70.3 Å². The van der Waals surface area contributed by atoms with Gasteiger partial charge in [-0.05, 0) is 18.1 Å². The number of morpholine rings is 1. The molecule has 1 saturated heterocycles. The third-order valence-corrected chi connectivity index (χ3v) is 5.14. The molecule has 1 N–H and O–H groups in total. The minimum absolute atomic E-state index is 0.455. The summed E-state index contributed by atoms with van der Waals surface area (Å²) in [4.78, 5) is 7.04. The number of anilines is 1. The molecule has 25 heavy (non-hydrogen) atoms. The van der Waals surface area contributed by atoms with Gasteiger partial charge in [0.05, 0.1) is 19.8 Å². The molecule has 3 heterocycles. The molecular formula is C19H27N5O. The van der Waals surface area contributed by atoms with Gasteiger partial charge in [0.25, 0.3) is 0 Å². The highest BCUT2D eigenvalue weighted by Gasteiger charge is 2.21. The number of benzene rings is 1. The monoisotopic (exact) mass is 341 g/mol. The van der Waals surface area contributed by atoms with E-state index in [4.69, 9.17) is 4.74 Å². The molecule has 2 aliphatic rings. The molecule has 1 atom stereocenters. The van der Waals surface area contributed by atoms with Crippen LogP contribution in [0.4, 0.5) is 5.69 Å². The van der Waals surface area contributed by atoms with E-state index in [1.54, 1.807) is 0 Å². The summed E-state index contributed by atoms with van der Waals surface area (Å²) in [6.07, 6.45) is 3.04. The van der Waals surface area contributed by atoms with Crippen molar-refractivity contribution in [2.75, 3.05) is 31.2 Å². The largest absolute Gasteiger partial charge is 0.378 e. The zero-order valence-corrected chi connectivity index (χ0v) is 14.9. The lowest BCUT2D eigenvalue weighted by molar-refractivity contribution is 0.122. The molecule has 0 saturated carbocycles. The van der Waals surface area contributed by atoms with Crippen LogP contribution in [0.2, 0.25) is 0 Å². The van der Waals surface area contributed by atoms with Crippen molar-refractivity contribution in [1.29, 1.82) is 0 Å². The number of nitrogens with zero attached hydrogens (tertiary/aromatic N) is 4. The Morgan fingerprint density at radius 3 is 2.92 bits per heavy atom. The molecule has 0 aliphatic carbocycles. The van der Waals surface area contributed by atoms with Crippen LogP contribution in [0.3, 0.4) is 0 Å². The fourth-order valence-corrected chi connectivity index (χ4v) is 3.70. The highest BCUT2D eigenvalue weighted by Crippen LogP contribution is 2.22. The summed E-state index contributed by atoms with van der Waals surface area (Å²) in [5, 5.41) is 8.35. The second kappa shape index (κ2) is 7.54. The van der Waals surface area contributed by atoms with Gasteiger partial charge in [-0.15, -0.1) is 0 Å². The molecule has 0 spiro atoms. The Morgan fingerprint density at radius 1 is 1.24 bits per heavy atom. The van der Waals surface area contributed by atoms with Crippen molar-refractivity contribution < 1.29 is 4.74 Å². The molecule has 0 amide bonds. The summed E-state index contributed by atoms with van der Waals surface area (Å²) in [5.74, 6) is 2.11. The van der Waals surface area contributed by atoms with Crippen LogP contribution in [0.15, 0.2) is 24.3 Å². The molecule has 6 heteroatoms. The Kier molecular flexibility index (Phi) is 4.99. The lowest BCUT2D eigenvalue weighted by Crippen LogP contribution is -2.39. The van der Waals surface area contributed by atoms with Crippen LogP contribution in [-0.2, 0) is 30.7 Å². The van der Waals surface area contributed by atoms with Gasteiger partial charge in [0.1, 0.15) is 5.82 Å². The van der Waals surface area contributed by atoms with E-state index >= 15 is 0 Å². The SMILES string of the molecule is CCc1nc2n(n1)C[C@@H](NCc1ccccc1N1CCOCC1)CC2. The molecule has 2 aromatic rings. The third-order valence-electron chi connectivity index (χ3n) is 5.14. The number of fused-ring (bicyclic) bond motifs is 1. The van der Waals surface area contributed by atoms with Gasteiger partial charge in [-0.2, -0.15) is 5.10 Å². The maximum atomic E-state index is 5.49. The number of hydrogen-bond donors (Lipinski definition) is 1. The number of hydrogen-bond acceptors (Lipinski definition) is 5. The van der Waals surface area contributed by atoms with Gasteiger partial charge in [0.15, 0.2) is 5.82 Å². The molecule has 134 valence electrons. The Balaban J connectivity index is 1.40. The molecule has 1 aromatic heterocycles. The number of aryl methyl sites for hydroxylation is 2. The van der Waals surface area contributed by atoms with Crippen LogP contribution in [0, 0.1) is 0 Å². The standard InChI is InChI=1S/C19H27N5O/c1-2-18-21-19-8-7-16(14-24(19)22-18)20-13-15-5-3-4-6-17(15)23-9-11-25-12-10-23/h3-6,16,20H,2,7-14H2,1H3/t16-/m0/s1. The fourth-order valence-electron chi connectivity index (χ4n) is 3.70. The van der Waals surface area contributed by atoms with Crippen LogP contribution in [-0.4, -0.2) is 47.1 Å². The van der Waals surface area contributed by atoms with Crippen molar-refractivity contribution in [3.05, 3.63) is 41.5 Å². The minimum atomic E-state index is 0.455. The first-order chi connectivity index (χ1) is 12.3. The second-order valence-electron chi connectivity index (χ2n) is 6.82. The van der Waals surface area contributed by atoms with Crippen LogP contribution >= 0.6 is 0 Å². The van der Waals surface area contributed by atoms with E-state index in [-0.39, 0.29) is 0 Å². The molecule has 0 radical (unpaired) electrons. The Morgan fingerprint density at radius 2 is 2.08 bits per heavy atom. The Bertz CT molecular complexity index is 708. The van der Waals surface area contributed by atoms with Crippen molar-refractivity contribution >= 4 is 5.69 Å². The number of para-hydroxylation sites is 1.